The largest absolute Gasteiger partial charge is 0.216 e. The van der Waals surface area contributed by atoms with Crippen LogP contribution in [-0.4, -0.2) is 8.42 Å². The molecule has 0 bridgehead atoms. The molecule has 1 N–H and O–H groups in total. The van der Waals surface area contributed by atoms with E-state index in [1.165, 1.54) is 5.56 Å². The summed E-state index contributed by atoms with van der Waals surface area (Å²) in [6.07, 6.45) is 2.90. The van der Waals surface area contributed by atoms with Gasteiger partial charge in [-0.2, -0.15) is 0 Å². The fourth-order valence-electron chi connectivity index (χ4n) is 2.93. The van der Waals surface area contributed by atoms with Crippen LogP contribution < -0.4 is 4.72 Å². The number of fused-ring (bicyclic) bond motifs is 1. The van der Waals surface area contributed by atoms with Gasteiger partial charge >= 0.3 is 0 Å². The van der Waals surface area contributed by atoms with E-state index in [1.54, 1.807) is 0 Å². The first kappa shape index (κ1) is 15.7. The van der Waals surface area contributed by atoms with Gasteiger partial charge in [0.05, 0.1) is 5.75 Å². The monoisotopic (exact) mass is 379 g/mol. The van der Waals surface area contributed by atoms with Gasteiger partial charge < -0.3 is 0 Å². The molecule has 3 rings (SSSR count). The van der Waals surface area contributed by atoms with Crippen molar-refractivity contribution in [1.29, 1.82) is 0 Å². The zero-order valence-electron chi connectivity index (χ0n) is 12.1. The topological polar surface area (TPSA) is 46.2 Å². The first-order valence-corrected chi connectivity index (χ1v) is 9.80. The highest BCUT2D eigenvalue weighted by Crippen LogP contribution is 2.30. The van der Waals surface area contributed by atoms with Crippen LogP contribution >= 0.6 is 15.9 Å². The van der Waals surface area contributed by atoms with Crippen molar-refractivity contribution in [3.63, 3.8) is 0 Å². The van der Waals surface area contributed by atoms with Gasteiger partial charge in [0.15, 0.2) is 0 Å². The highest BCUT2D eigenvalue weighted by Gasteiger charge is 2.24. The molecule has 1 aliphatic rings. The number of aryl methyl sites for hydroxylation is 1. The smallest absolute Gasteiger partial charge is 0.212 e. The fraction of sp³-hybridized carbons (Fsp3) is 0.294. The van der Waals surface area contributed by atoms with Crippen LogP contribution in [0, 0.1) is 0 Å². The van der Waals surface area contributed by atoms with E-state index in [2.05, 4.69) is 26.7 Å². The molecule has 0 aliphatic heterocycles. The zero-order chi connectivity index (χ0) is 15.6. The third-order valence-electron chi connectivity index (χ3n) is 3.96. The van der Waals surface area contributed by atoms with E-state index < -0.39 is 10.0 Å². The van der Waals surface area contributed by atoms with Crippen LogP contribution in [0.1, 0.15) is 35.6 Å². The SMILES string of the molecule is O=S(=O)(Cc1ccc(Br)cc1)NC1CCCc2ccccc21. The molecule has 1 unspecified atom stereocenters. The van der Waals surface area contributed by atoms with Crippen molar-refractivity contribution < 1.29 is 8.42 Å². The number of nitrogens with one attached hydrogen (secondary N) is 1. The summed E-state index contributed by atoms with van der Waals surface area (Å²) >= 11 is 3.36. The lowest BCUT2D eigenvalue weighted by molar-refractivity contribution is 0.507. The van der Waals surface area contributed by atoms with E-state index in [0.29, 0.717) is 0 Å². The third-order valence-corrected chi connectivity index (χ3v) is 5.85. The molecule has 0 aromatic heterocycles. The predicted molar refractivity (Wildman–Crippen MR) is 92.0 cm³/mol. The average Bonchev–Trinajstić information content (AvgIpc) is 2.49. The van der Waals surface area contributed by atoms with Gasteiger partial charge in [-0.15, -0.1) is 0 Å². The Labute approximate surface area is 139 Å². The summed E-state index contributed by atoms with van der Waals surface area (Å²) in [6.45, 7) is 0. The Kier molecular flexibility index (Phi) is 4.66. The molecule has 2 aromatic rings. The van der Waals surface area contributed by atoms with E-state index in [-0.39, 0.29) is 11.8 Å². The minimum atomic E-state index is -3.36. The Balaban J connectivity index is 1.76. The molecule has 116 valence electrons. The molecule has 0 amide bonds. The normalized spacial score (nSPS) is 18.0. The number of benzene rings is 2. The Hall–Kier alpha value is -1.17. The van der Waals surface area contributed by atoms with Crippen molar-refractivity contribution in [2.75, 3.05) is 0 Å². The zero-order valence-corrected chi connectivity index (χ0v) is 14.5. The first-order chi connectivity index (χ1) is 10.5. The van der Waals surface area contributed by atoms with Crippen LogP contribution in [0.2, 0.25) is 0 Å². The highest BCUT2D eigenvalue weighted by atomic mass is 79.9. The minimum absolute atomic E-state index is 0.0128. The summed E-state index contributed by atoms with van der Waals surface area (Å²) in [7, 11) is -3.36. The number of hydrogen-bond donors (Lipinski definition) is 1. The highest BCUT2D eigenvalue weighted by molar-refractivity contribution is 9.10. The molecule has 1 atom stereocenters. The number of sulfonamides is 1. The molecule has 0 saturated carbocycles. The van der Waals surface area contributed by atoms with E-state index in [4.69, 9.17) is 0 Å². The van der Waals surface area contributed by atoms with E-state index in [9.17, 15) is 8.42 Å². The lowest BCUT2D eigenvalue weighted by atomic mass is 9.88. The van der Waals surface area contributed by atoms with E-state index in [0.717, 1.165) is 34.9 Å². The summed E-state index contributed by atoms with van der Waals surface area (Å²) in [4.78, 5) is 0. The summed E-state index contributed by atoms with van der Waals surface area (Å²) in [5.74, 6) is 0.0128. The number of hydrogen-bond acceptors (Lipinski definition) is 2. The quantitative estimate of drug-likeness (QED) is 0.873. The lowest BCUT2D eigenvalue weighted by Gasteiger charge is -2.26. The second-order valence-corrected chi connectivity index (χ2v) is 8.32. The van der Waals surface area contributed by atoms with E-state index >= 15 is 0 Å². The van der Waals surface area contributed by atoms with Crippen LogP contribution in [0.5, 0.6) is 0 Å². The second-order valence-electron chi connectivity index (χ2n) is 5.65. The van der Waals surface area contributed by atoms with Crippen LogP contribution in [-0.2, 0) is 22.2 Å². The molecule has 2 aromatic carbocycles. The minimum Gasteiger partial charge on any atom is -0.212 e. The summed E-state index contributed by atoms with van der Waals surface area (Å²) < 4.78 is 28.7. The Morgan fingerprint density at radius 2 is 1.82 bits per heavy atom. The standard InChI is InChI=1S/C17H18BrNO2S/c18-15-10-8-13(9-11-15)12-22(20,21)19-17-7-3-5-14-4-1-2-6-16(14)17/h1-2,4,6,8-11,17,19H,3,5,7,12H2. The Bertz CT molecular complexity index is 756. The van der Waals surface area contributed by atoms with Gasteiger partial charge in [-0.1, -0.05) is 52.3 Å². The summed E-state index contributed by atoms with van der Waals surface area (Å²) in [6, 6.07) is 15.4. The third kappa shape index (κ3) is 3.77. The maximum atomic E-state index is 12.4. The van der Waals surface area contributed by atoms with Gasteiger partial charge in [0.25, 0.3) is 0 Å². The van der Waals surface area contributed by atoms with Crippen LogP contribution in [0.15, 0.2) is 53.0 Å². The van der Waals surface area contributed by atoms with Gasteiger partial charge in [-0.3, -0.25) is 0 Å². The molecular weight excluding hydrogens is 362 g/mol. The molecule has 3 nitrogen and oxygen atoms in total. The summed E-state index contributed by atoms with van der Waals surface area (Å²) in [5.41, 5.74) is 3.16. The average molecular weight is 380 g/mol. The molecule has 1 aliphatic carbocycles. The van der Waals surface area contributed by atoms with Crippen molar-refractivity contribution in [2.45, 2.75) is 31.1 Å². The van der Waals surface area contributed by atoms with Crippen LogP contribution in [0.3, 0.4) is 0 Å². The van der Waals surface area contributed by atoms with Crippen LogP contribution in [0.4, 0.5) is 0 Å². The first-order valence-electron chi connectivity index (χ1n) is 7.36. The van der Waals surface area contributed by atoms with Gasteiger partial charge in [0, 0.05) is 10.5 Å². The van der Waals surface area contributed by atoms with Crippen molar-refractivity contribution in [3.05, 3.63) is 69.7 Å². The lowest BCUT2D eigenvalue weighted by Crippen LogP contribution is -2.31. The van der Waals surface area contributed by atoms with Gasteiger partial charge in [-0.05, 0) is 48.1 Å². The fourth-order valence-corrected chi connectivity index (χ4v) is 4.59. The summed E-state index contributed by atoms with van der Waals surface area (Å²) in [5, 5.41) is 0. The van der Waals surface area contributed by atoms with Crippen molar-refractivity contribution >= 4 is 26.0 Å². The maximum Gasteiger partial charge on any atom is 0.216 e. The van der Waals surface area contributed by atoms with Crippen molar-refractivity contribution in [1.82, 2.24) is 4.72 Å². The molecule has 0 fully saturated rings. The Morgan fingerprint density at radius 3 is 2.59 bits per heavy atom. The number of halogens is 1. The van der Waals surface area contributed by atoms with Gasteiger partial charge in [0.2, 0.25) is 10.0 Å². The molecule has 0 spiro atoms. The van der Waals surface area contributed by atoms with Crippen molar-refractivity contribution in [3.8, 4) is 0 Å². The number of rotatable bonds is 4. The molecule has 0 saturated heterocycles. The van der Waals surface area contributed by atoms with Crippen LogP contribution in [0.25, 0.3) is 0 Å². The van der Waals surface area contributed by atoms with E-state index in [1.807, 2.05) is 42.5 Å². The Morgan fingerprint density at radius 1 is 1.09 bits per heavy atom. The predicted octanol–water partition coefficient (Wildman–Crippen LogP) is 3.95. The maximum absolute atomic E-state index is 12.4. The molecular formula is C17H18BrNO2S. The van der Waals surface area contributed by atoms with Crippen molar-refractivity contribution in [2.24, 2.45) is 0 Å². The molecule has 0 heterocycles. The van der Waals surface area contributed by atoms with Gasteiger partial charge in [-0.25, -0.2) is 13.1 Å². The molecule has 22 heavy (non-hydrogen) atoms. The van der Waals surface area contributed by atoms with Gasteiger partial charge in [0.1, 0.15) is 0 Å². The second kappa shape index (κ2) is 6.52. The molecule has 5 heteroatoms. The molecule has 0 radical (unpaired) electrons.